The average molecular weight is 282 g/mol. The molecule has 0 amide bonds. The summed E-state index contributed by atoms with van der Waals surface area (Å²) in [6, 6.07) is 0. The molecule has 3 heteroatoms. The van der Waals surface area contributed by atoms with Crippen LogP contribution in [0.15, 0.2) is 23.3 Å². The van der Waals surface area contributed by atoms with Crippen molar-refractivity contribution in [2.24, 2.45) is 23.7 Å². The highest BCUT2D eigenvalue weighted by Gasteiger charge is 2.41. The van der Waals surface area contributed by atoms with Crippen molar-refractivity contribution in [2.75, 3.05) is 6.61 Å². The summed E-state index contributed by atoms with van der Waals surface area (Å²) < 4.78 is 27.0. The molecule has 0 radical (unpaired) electrons. The molecule has 112 valence electrons. The molecular formula is C17H24F2O. The highest BCUT2D eigenvalue weighted by molar-refractivity contribution is 5.24. The van der Waals surface area contributed by atoms with Gasteiger partial charge in [-0.05, 0) is 54.9 Å². The molecule has 0 bridgehead atoms. The number of aliphatic hydroxyl groups excluding tert-OH is 1. The van der Waals surface area contributed by atoms with Crippen molar-refractivity contribution in [3.05, 3.63) is 23.3 Å². The minimum absolute atomic E-state index is 0.133. The van der Waals surface area contributed by atoms with Crippen molar-refractivity contribution in [2.45, 2.75) is 51.4 Å². The van der Waals surface area contributed by atoms with E-state index < -0.39 is 12.3 Å². The van der Waals surface area contributed by atoms with E-state index in [1.807, 2.05) is 6.08 Å². The zero-order chi connectivity index (χ0) is 14.3. The van der Waals surface area contributed by atoms with E-state index in [4.69, 9.17) is 0 Å². The van der Waals surface area contributed by atoms with E-state index in [9.17, 15) is 13.9 Å². The minimum Gasteiger partial charge on any atom is -0.392 e. The van der Waals surface area contributed by atoms with Crippen LogP contribution >= 0.6 is 0 Å². The van der Waals surface area contributed by atoms with Crippen molar-refractivity contribution in [1.82, 2.24) is 0 Å². The largest absolute Gasteiger partial charge is 0.392 e. The van der Waals surface area contributed by atoms with Gasteiger partial charge in [-0.25, -0.2) is 8.78 Å². The molecule has 0 spiro atoms. The maximum atomic E-state index is 13.7. The number of hydrogen-bond acceptors (Lipinski definition) is 1. The van der Waals surface area contributed by atoms with Gasteiger partial charge in [-0.3, -0.25) is 0 Å². The highest BCUT2D eigenvalue weighted by atomic mass is 19.2. The number of hydrogen-bond donors (Lipinski definition) is 1. The van der Waals surface area contributed by atoms with Crippen molar-refractivity contribution in [3.63, 3.8) is 0 Å². The van der Waals surface area contributed by atoms with Crippen LogP contribution in [0.3, 0.4) is 0 Å². The molecule has 0 saturated heterocycles. The SMILES string of the molecule is C[C@H]1CC(C2=CCC(F)[C@H](F)C2)[C@@H](C2CC2)C=C1CO. The molecule has 0 aromatic heterocycles. The van der Waals surface area contributed by atoms with Gasteiger partial charge in [0.1, 0.15) is 12.3 Å². The molecule has 1 N–H and O–H groups in total. The van der Waals surface area contributed by atoms with Crippen LogP contribution < -0.4 is 0 Å². The first-order valence-corrected chi connectivity index (χ1v) is 7.88. The van der Waals surface area contributed by atoms with Gasteiger partial charge in [-0.15, -0.1) is 0 Å². The molecule has 0 aliphatic heterocycles. The predicted octanol–water partition coefficient (Wildman–Crippen LogP) is 3.98. The fraction of sp³-hybridized carbons (Fsp3) is 0.765. The molecule has 0 aromatic rings. The van der Waals surface area contributed by atoms with Crippen LogP contribution in [0.2, 0.25) is 0 Å². The summed E-state index contributed by atoms with van der Waals surface area (Å²) in [6.07, 6.45) is 5.50. The third-order valence-corrected chi connectivity index (χ3v) is 5.37. The molecule has 0 heterocycles. The Labute approximate surface area is 119 Å². The first-order chi connectivity index (χ1) is 9.60. The first-order valence-electron chi connectivity index (χ1n) is 7.88. The number of halogens is 2. The van der Waals surface area contributed by atoms with Crippen LogP contribution in [-0.4, -0.2) is 24.1 Å². The molecule has 5 atom stereocenters. The predicted molar refractivity (Wildman–Crippen MR) is 75.8 cm³/mol. The van der Waals surface area contributed by atoms with Crippen molar-refractivity contribution < 1.29 is 13.9 Å². The molecule has 1 nitrogen and oxygen atoms in total. The zero-order valence-corrected chi connectivity index (χ0v) is 12.1. The summed E-state index contributed by atoms with van der Waals surface area (Å²) in [5, 5.41) is 9.46. The van der Waals surface area contributed by atoms with Crippen LogP contribution in [0, 0.1) is 23.7 Å². The lowest BCUT2D eigenvalue weighted by Gasteiger charge is -2.37. The van der Waals surface area contributed by atoms with Gasteiger partial charge in [-0.2, -0.15) is 0 Å². The highest BCUT2D eigenvalue weighted by Crippen LogP contribution is 2.50. The maximum absolute atomic E-state index is 13.7. The lowest BCUT2D eigenvalue weighted by Crippen LogP contribution is -2.31. The van der Waals surface area contributed by atoms with E-state index >= 15 is 0 Å². The number of rotatable bonds is 3. The fourth-order valence-electron chi connectivity index (χ4n) is 3.92. The van der Waals surface area contributed by atoms with Crippen LogP contribution in [0.1, 0.15) is 39.0 Å². The summed E-state index contributed by atoms with van der Waals surface area (Å²) in [5.74, 6) is 1.83. The first kappa shape index (κ1) is 14.2. The van der Waals surface area contributed by atoms with E-state index in [1.54, 1.807) is 0 Å². The Morgan fingerprint density at radius 2 is 2.00 bits per heavy atom. The zero-order valence-electron chi connectivity index (χ0n) is 12.1. The summed E-state index contributed by atoms with van der Waals surface area (Å²) in [4.78, 5) is 0. The van der Waals surface area contributed by atoms with Crippen LogP contribution in [0.5, 0.6) is 0 Å². The summed E-state index contributed by atoms with van der Waals surface area (Å²) in [7, 11) is 0. The van der Waals surface area contributed by atoms with Gasteiger partial charge < -0.3 is 5.11 Å². The Morgan fingerprint density at radius 1 is 1.25 bits per heavy atom. The lowest BCUT2D eigenvalue weighted by atomic mass is 9.68. The van der Waals surface area contributed by atoms with Crippen LogP contribution in [0.4, 0.5) is 8.78 Å². The quantitative estimate of drug-likeness (QED) is 0.776. The van der Waals surface area contributed by atoms with E-state index in [2.05, 4.69) is 13.0 Å². The molecule has 20 heavy (non-hydrogen) atoms. The van der Waals surface area contributed by atoms with Gasteiger partial charge in [0.25, 0.3) is 0 Å². The van der Waals surface area contributed by atoms with Gasteiger partial charge >= 0.3 is 0 Å². The van der Waals surface area contributed by atoms with Gasteiger partial charge in [0.2, 0.25) is 0 Å². The molecule has 1 fully saturated rings. The second kappa shape index (κ2) is 5.59. The van der Waals surface area contributed by atoms with Gasteiger partial charge in [0, 0.05) is 6.42 Å². The second-order valence-corrected chi connectivity index (χ2v) is 6.81. The topological polar surface area (TPSA) is 20.2 Å². The Kier molecular flexibility index (Phi) is 3.98. The standard InChI is InChI=1S/C17H24F2O/c1-10-6-14(12-4-5-16(18)17(19)8-12)15(11-2-3-11)7-13(10)9-20/h4,7,10-11,14-17,20H,2-3,5-6,8-9H2,1H3/t10-,14?,15+,16?,17+/m0/s1. The van der Waals surface area contributed by atoms with E-state index in [0.29, 0.717) is 23.7 Å². The van der Waals surface area contributed by atoms with E-state index in [1.165, 1.54) is 12.8 Å². The molecular weight excluding hydrogens is 258 g/mol. The molecule has 2 unspecified atom stereocenters. The molecule has 0 aromatic carbocycles. The second-order valence-electron chi connectivity index (χ2n) is 6.81. The summed E-state index contributed by atoms with van der Waals surface area (Å²) >= 11 is 0. The van der Waals surface area contributed by atoms with Crippen LogP contribution in [0.25, 0.3) is 0 Å². The number of alkyl halides is 2. The third kappa shape index (κ3) is 2.69. The van der Waals surface area contributed by atoms with Crippen molar-refractivity contribution in [3.8, 4) is 0 Å². The van der Waals surface area contributed by atoms with E-state index in [0.717, 1.165) is 17.6 Å². The maximum Gasteiger partial charge on any atom is 0.135 e. The number of aliphatic hydroxyl groups is 1. The van der Waals surface area contributed by atoms with Crippen molar-refractivity contribution >= 4 is 0 Å². The van der Waals surface area contributed by atoms with Gasteiger partial charge in [0.15, 0.2) is 0 Å². The normalized spacial score (nSPS) is 42.1. The Balaban J connectivity index is 1.83. The third-order valence-electron chi connectivity index (χ3n) is 5.37. The summed E-state index contributed by atoms with van der Waals surface area (Å²) in [5.41, 5.74) is 2.26. The Morgan fingerprint density at radius 3 is 2.60 bits per heavy atom. The van der Waals surface area contributed by atoms with Crippen molar-refractivity contribution in [1.29, 1.82) is 0 Å². The minimum atomic E-state index is -1.33. The molecule has 3 aliphatic carbocycles. The van der Waals surface area contributed by atoms with E-state index in [-0.39, 0.29) is 19.4 Å². The smallest absolute Gasteiger partial charge is 0.135 e. The fourth-order valence-corrected chi connectivity index (χ4v) is 3.92. The monoisotopic (exact) mass is 282 g/mol. The Bertz CT molecular complexity index is 425. The van der Waals surface area contributed by atoms with Crippen LogP contribution in [-0.2, 0) is 0 Å². The molecule has 1 saturated carbocycles. The molecule has 3 aliphatic rings. The molecule has 3 rings (SSSR count). The average Bonchev–Trinajstić information content (AvgIpc) is 3.26. The van der Waals surface area contributed by atoms with Gasteiger partial charge in [0.05, 0.1) is 6.61 Å². The van der Waals surface area contributed by atoms with Gasteiger partial charge in [-0.1, -0.05) is 24.6 Å². The summed E-state index contributed by atoms with van der Waals surface area (Å²) in [6.45, 7) is 2.26. The number of allylic oxidation sites excluding steroid dienone is 3. The lowest BCUT2D eigenvalue weighted by molar-refractivity contribution is 0.150. The Hall–Kier alpha value is -0.700.